The molecule has 0 saturated carbocycles. The van der Waals surface area contributed by atoms with Crippen LogP contribution in [0.3, 0.4) is 0 Å². The third kappa shape index (κ3) is 2.28. The normalized spacial score (nSPS) is 34.3. The van der Waals surface area contributed by atoms with Gasteiger partial charge in [0, 0.05) is 12.8 Å². The van der Waals surface area contributed by atoms with Crippen LogP contribution in [0.15, 0.2) is 35.0 Å². The Morgan fingerprint density at radius 3 is 2.15 bits per heavy atom. The highest BCUT2D eigenvalue weighted by atomic mass is 32.1. The van der Waals surface area contributed by atoms with Crippen LogP contribution in [-0.2, 0) is 19.9 Å². The first-order valence-electron chi connectivity index (χ1n) is 8.92. The number of fused-ring (bicyclic) bond motifs is 5. The number of hydrogen-bond acceptors (Lipinski definition) is 6. The molecule has 0 aromatic carbocycles. The summed E-state index contributed by atoms with van der Waals surface area (Å²) < 4.78 is 12.6. The third-order valence-corrected chi connectivity index (χ3v) is 8.32. The van der Waals surface area contributed by atoms with E-state index in [2.05, 4.69) is 14.1 Å². The lowest BCUT2D eigenvalue weighted by atomic mass is 9.95. The minimum Gasteiger partial charge on any atom is -0.459 e. The summed E-state index contributed by atoms with van der Waals surface area (Å²) in [5.74, 6) is -0.561. The molecule has 0 spiro atoms. The molecule has 5 rings (SSSR count). The van der Waals surface area contributed by atoms with Gasteiger partial charge >= 0.3 is 5.97 Å². The molecule has 3 fully saturated rings. The van der Waals surface area contributed by atoms with Crippen LogP contribution in [0.1, 0.15) is 22.6 Å². The number of esters is 1. The van der Waals surface area contributed by atoms with Crippen LogP contribution in [0.2, 0.25) is 0 Å². The summed E-state index contributed by atoms with van der Waals surface area (Å²) in [6.45, 7) is 0. The second kappa shape index (κ2) is 5.62. The fourth-order valence-electron chi connectivity index (χ4n) is 4.83. The summed E-state index contributed by atoms with van der Waals surface area (Å²) >= 11 is 2.74. The molecule has 26 heavy (non-hydrogen) atoms. The average Bonchev–Trinajstić information content (AvgIpc) is 2.98. The lowest BCUT2D eigenvalue weighted by Gasteiger charge is -2.45. The van der Waals surface area contributed by atoms with Crippen molar-refractivity contribution in [3.63, 3.8) is 0 Å². The first-order chi connectivity index (χ1) is 12.4. The molecule has 2 aromatic rings. The van der Waals surface area contributed by atoms with Crippen molar-refractivity contribution in [3.05, 3.63) is 44.8 Å². The Morgan fingerprint density at radius 1 is 1.15 bits per heavy atom. The van der Waals surface area contributed by atoms with Crippen LogP contribution in [0.5, 0.6) is 0 Å². The molecule has 2 aromatic heterocycles. The molecule has 0 amide bonds. The van der Waals surface area contributed by atoms with E-state index >= 15 is 0 Å². The maximum Gasteiger partial charge on any atom is 0.349 e. The summed E-state index contributed by atoms with van der Waals surface area (Å²) in [4.78, 5) is 14.3. The van der Waals surface area contributed by atoms with Crippen molar-refractivity contribution in [1.82, 2.24) is 0 Å². The van der Waals surface area contributed by atoms with Gasteiger partial charge < -0.3 is 19.1 Å². The van der Waals surface area contributed by atoms with E-state index in [1.165, 1.54) is 22.7 Å². The number of quaternary nitrogens is 1. The molecule has 1 N–H and O–H groups in total. The second-order valence-electron chi connectivity index (χ2n) is 7.99. The Labute approximate surface area is 160 Å². The highest BCUT2D eigenvalue weighted by Gasteiger charge is 2.71. The van der Waals surface area contributed by atoms with Crippen LogP contribution < -0.4 is 0 Å². The largest absolute Gasteiger partial charge is 0.459 e. The first kappa shape index (κ1) is 16.9. The fraction of sp³-hybridized carbons (Fsp3) is 0.526. The molecule has 2 bridgehead atoms. The Kier molecular flexibility index (Phi) is 3.65. The highest BCUT2D eigenvalue weighted by Crippen LogP contribution is 2.52. The van der Waals surface area contributed by atoms with Gasteiger partial charge in [-0.1, -0.05) is 12.1 Å². The van der Waals surface area contributed by atoms with Gasteiger partial charge in [-0.3, -0.25) is 0 Å². The molecule has 5 nitrogen and oxygen atoms in total. The molecule has 0 radical (unpaired) electrons. The van der Waals surface area contributed by atoms with Gasteiger partial charge in [0.15, 0.2) is 0 Å². The smallest absolute Gasteiger partial charge is 0.349 e. The third-order valence-electron chi connectivity index (χ3n) is 6.36. The van der Waals surface area contributed by atoms with Gasteiger partial charge in [0.05, 0.1) is 23.8 Å². The minimum atomic E-state index is -1.72. The van der Waals surface area contributed by atoms with Crippen LogP contribution in [-0.4, -0.2) is 60.0 Å². The Hall–Kier alpha value is -1.25. The zero-order valence-corrected chi connectivity index (χ0v) is 16.3. The molecule has 3 aliphatic rings. The van der Waals surface area contributed by atoms with Crippen LogP contribution in [0.4, 0.5) is 0 Å². The lowest BCUT2D eigenvalue weighted by molar-refractivity contribution is -0.938. The van der Waals surface area contributed by atoms with Crippen molar-refractivity contribution in [2.75, 3.05) is 14.1 Å². The van der Waals surface area contributed by atoms with Gasteiger partial charge in [-0.15, -0.1) is 22.7 Å². The second-order valence-corrected chi connectivity index (χ2v) is 9.89. The number of likely N-dealkylation sites (N-methyl/N-ethyl adjacent to an activating group) is 1. The maximum absolute atomic E-state index is 13.1. The lowest BCUT2D eigenvalue weighted by Crippen LogP contribution is -2.60. The van der Waals surface area contributed by atoms with Gasteiger partial charge in [0.1, 0.15) is 30.4 Å². The Morgan fingerprint density at radius 2 is 1.69 bits per heavy atom. The number of nitrogens with zero attached hydrogens (tertiary/aromatic N) is 1. The average molecular weight is 393 g/mol. The van der Waals surface area contributed by atoms with Gasteiger partial charge in [0.2, 0.25) is 5.60 Å². The van der Waals surface area contributed by atoms with Crippen molar-refractivity contribution < 1.29 is 23.9 Å². The van der Waals surface area contributed by atoms with E-state index in [-0.39, 0.29) is 6.10 Å². The monoisotopic (exact) mass is 392 g/mol. The van der Waals surface area contributed by atoms with Crippen LogP contribution >= 0.6 is 22.7 Å². The van der Waals surface area contributed by atoms with Gasteiger partial charge in [0.25, 0.3) is 0 Å². The number of thiophene rings is 2. The number of carbonyl (C=O) groups is 1. The predicted octanol–water partition coefficient (Wildman–Crippen LogP) is 2.35. The summed E-state index contributed by atoms with van der Waals surface area (Å²) in [5.41, 5.74) is -1.72. The standard InChI is InChI=1S/C19H22NO4S2/c1-20(2)12-9-11(10-13(20)17-16(12)24-17)23-18(21)19(22,14-5-3-7-25-14)15-6-4-8-26-15/h3-8,11-13,16-17,22H,9-10H2,1-2H3/q+1/t11-,12?,13?,16-,17+. The highest BCUT2D eigenvalue weighted by molar-refractivity contribution is 7.12. The summed E-state index contributed by atoms with van der Waals surface area (Å²) in [6, 6.07) is 8.01. The molecular weight excluding hydrogens is 370 g/mol. The minimum absolute atomic E-state index is 0.161. The fourth-order valence-corrected chi connectivity index (χ4v) is 6.54. The van der Waals surface area contributed by atoms with Crippen molar-refractivity contribution in [2.24, 2.45) is 0 Å². The Balaban J connectivity index is 1.40. The molecule has 2 unspecified atom stereocenters. The predicted molar refractivity (Wildman–Crippen MR) is 99.1 cm³/mol. The first-order valence-corrected chi connectivity index (χ1v) is 10.7. The number of piperidine rings is 1. The summed E-state index contributed by atoms with van der Waals surface area (Å²) in [7, 11) is 4.49. The van der Waals surface area contributed by atoms with E-state index in [0.29, 0.717) is 34.0 Å². The van der Waals surface area contributed by atoms with E-state index in [0.717, 1.165) is 17.3 Å². The SMILES string of the molecule is C[N+]1(C)C2C[C@@H](OC(=O)C(O)(c3cccs3)c3cccs3)CC1[C@@H]1O[C@H]21. The number of hydrogen-bond donors (Lipinski definition) is 1. The van der Waals surface area contributed by atoms with Crippen LogP contribution in [0.25, 0.3) is 0 Å². The summed E-state index contributed by atoms with van der Waals surface area (Å²) in [5, 5.41) is 15.1. The van der Waals surface area contributed by atoms with Crippen molar-refractivity contribution >= 4 is 28.6 Å². The number of morpholine rings is 1. The van der Waals surface area contributed by atoms with Crippen molar-refractivity contribution in [3.8, 4) is 0 Å². The number of epoxide rings is 1. The number of rotatable bonds is 4. The van der Waals surface area contributed by atoms with Gasteiger partial charge in [-0.2, -0.15) is 0 Å². The maximum atomic E-state index is 13.1. The van der Waals surface area contributed by atoms with E-state index < -0.39 is 11.6 Å². The molecule has 5 atom stereocenters. The summed E-state index contributed by atoms with van der Waals surface area (Å²) in [6.07, 6.45) is 2.05. The molecule has 3 saturated heterocycles. The quantitative estimate of drug-likeness (QED) is 0.493. The molecule has 138 valence electrons. The van der Waals surface area contributed by atoms with E-state index in [1.807, 2.05) is 22.9 Å². The molecule has 5 heterocycles. The van der Waals surface area contributed by atoms with E-state index in [1.54, 1.807) is 12.1 Å². The Bertz CT molecular complexity index is 762. The topological polar surface area (TPSA) is 59.1 Å². The molecular formula is C19H22NO4S2+. The van der Waals surface area contributed by atoms with Crippen molar-refractivity contribution in [2.45, 2.75) is 48.8 Å². The number of aliphatic hydroxyl groups is 1. The molecule has 0 aliphatic carbocycles. The number of carbonyl (C=O) groups excluding carboxylic acids is 1. The number of ether oxygens (including phenoxy) is 2. The van der Waals surface area contributed by atoms with E-state index in [9.17, 15) is 9.90 Å². The van der Waals surface area contributed by atoms with Gasteiger partial charge in [-0.25, -0.2) is 4.79 Å². The zero-order valence-electron chi connectivity index (χ0n) is 14.7. The van der Waals surface area contributed by atoms with Crippen LogP contribution in [0, 0.1) is 0 Å². The van der Waals surface area contributed by atoms with E-state index in [4.69, 9.17) is 9.47 Å². The molecule has 7 heteroatoms. The molecule has 3 aliphatic heterocycles. The zero-order chi connectivity index (χ0) is 18.1. The van der Waals surface area contributed by atoms with Crippen molar-refractivity contribution in [1.29, 1.82) is 0 Å². The van der Waals surface area contributed by atoms with Gasteiger partial charge in [-0.05, 0) is 22.9 Å².